The summed E-state index contributed by atoms with van der Waals surface area (Å²) in [5.74, 6) is 0.648. The van der Waals surface area contributed by atoms with Crippen molar-refractivity contribution in [1.82, 2.24) is 9.88 Å². The summed E-state index contributed by atoms with van der Waals surface area (Å²) in [5.41, 5.74) is 3.31. The summed E-state index contributed by atoms with van der Waals surface area (Å²) in [5, 5.41) is 0. The summed E-state index contributed by atoms with van der Waals surface area (Å²) in [6.45, 7) is 3.25. The zero-order chi connectivity index (χ0) is 15.1. The maximum absolute atomic E-state index is 12.3. The van der Waals surface area contributed by atoms with Crippen LogP contribution in [0.3, 0.4) is 0 Å². The topological polar surface area (TPSA) is 33.2 Å². The van der Waals surface area contributed by atoms with Crippen LogP contribution < -0.4 is 0 Å². The van der Waals surface area contributed by atoms with Crippen molar-refractivity contribution < 1.29 is 4.79 Å². The standard InChI is InChI=1S/C17H20N2OS/c1-14-7-3-4-8-15(14)11-19(17(20)13-21-2)12-16-9-5-6-10-18-16/h3-10H,11-13H2,1-2H3. The van der Waals surface area contributed by atoms with Gasteiger partial charge >= 0.3 is 0 Å². The molecule has 0 spiro atoms. The van der Waals surface area contributed by atoms with Gasteiger partial charge in [-0.15, -0.1) is 0 Å². The largest absolute Gasteiger partial charge is 0.332 e. The number of pyridine rings is 1. The van der Waals surface area contributed by atoms with Gasteiger partial charge in [-0.1, -0.05) is 30.3 Å². The number of carbonyl (C=O) groups is 1. The summed E-state index contributed by atoms with van der Waals surface area (Å²) >= 11 is 1.55. The maximum Gasteiger partial charge on any atom is 0.233 e. The van der Waals surface area contributed by atoms with Gasteiger partial charge in [-0.25, -0.2) is 0 Å². The number of thioether (sulfide) groups is 1. The predicted molar refractivity (Wildman–Crippen MR) is 88.1 cm³/mol. The van der Waals surface area contributed by atoms with Gasteiger partial charge in [-0.05, 0) is 36.4 Å². The first-order chi connectivity index (χ1) is 10.2. The Morgan fingerprint density at radius 3 is 2.57 bits per heavy atom. The van der Waals surface area contributed by atoms with E-state index in [1.807, 2.05) is 41.5 Å². The third-order valence-electron chi connectivity index (χ3n) is 3.32. The van der Waals surface area contributed by atoms with E-state index in [9.17, 15) is 4.79 Å². The second kappa shape index (κ2) is 7.84. The van der Waals surface area contributed by atoms with Crippen molar-refractivity contribution in [2.24, 2.45) is 0 Å². The second-order valence-electron chi connectivity index (χ2n) is 4.93. The Balaban J connectivity index is 2.16. The molecule has 1 heterocycles. The Morgan fingerprint density at radius 1 is 1.14 bits per heavy atom. The molecule has 0 aliphatic heterocycles. The number of carbonyl (C=O) groups excluding carboxylic acids is 1. The smallest absolute Gasteiger partial charge is 0.233 e. The van der Waals surface area contributed by atoms with Crippen LogP contribution in [0.2, 0.25) is 0 Å². The van der Waals surface area contributed by atoms with Gasteiger partial charge in [0.1, 0.15) is 0 Å². The van der Waals surface area contributed by atoms with Crippen molar-refractivity contribution in [2.45, 2.75) is 20.0 Å². The molecule has 110 valence electrons. The maximum atomic E-state index is 12.3. The molecule has 3 nitrogen and oxygen atoms in total. The van der Waals surface area contributed by atoms with Crippen LogP contribution in [0.5, 0.6) is 0 Å². The molecule has 21 heavy (non-hydrogen) atoms. The molecule has 1 aromatic heterocycles. The zero-order valence-corrected chi connectivity index (χ0v) is 13.3. The summed E-state index contributed by atoms with van der Waals surface area (Å²) < 4.78 is 0. The molecule has 1 aromatic carbocycles. The first-order valence-electron chi connectivity index (χ1n) is 6.92. The lowest BCUT2D eigenvalue weighted by Crippen LogP contribution is -2.32. The third-order valence-corrected chi connectivity index (χ3v) is 3.86. The van der Waals surface area contributed by atoms with Gasteiger partial charge in [0.25, 0.3) is 0 Å². The monoisotopic (exact) mass is 300 g/mol. The van der Waals surface area contributed by atoms with Crippen molar-refractivity contribution in [2.75, 3.05) is 12.0 Å². The van der Waals surface area contributed by atoms with Crippen LogP contribution in [-0.2, 0) is 17.9 Å². The summed E-state index contributed by atoms with van der Waals surface area (Å²) in [6, 6.07) is 14.0. The molecule has 0 N–H and O–H groups in total. The van der Waals surface area contributed by atoms with E-state index in [-0.39, 0.29) is 5.91 Å². The lowest BCUT2D eigenvalue weighted by Gasteiger charge is -2.23. The van der Waals surface area contributed by atoms with E-state index in [0.717, 1.165) is 5.69 Å². The number of hydrogen-bond acceptors (Lipinski definition) is 3. The van der Waals surface area contributed by atoms with Gasteiger partial charge in [-0.2, -0.15) is 11.8 Å². The van der Waals surface area contributed by atoms with E-state index < -0.39 is 0 Å². The van der Waals surface area contributed by atoms with Gasteiger partial charge < -0.3 is 4.90 Å². The SMILES string of the molecule is CSCC(=O)N(Cc1ccccn1)Cc1ccccc1C. The molecule has 0 radical (unpaired) electrons. The predicted octanol–water partition coefficient (Wildman–Crippen LogP) is 3.28. The number of amides is 1. The minimum atomic E-state index is 0.149. The van der Waals surface area contributed by atoms with Crippen molar-refractivity contribution in [3.05, 3.63) is 65.5 Å². The van der Waals surface area contributed by atoms with Gasteiger partial charge in [0.05, 0.1) is 18.0 Å². The molecule has 0 aliphatic carbocycles. The molecule has 0 aliphatic rings. The molecule has 0 unspecified atom stereocenters. The van der Waals surface area contributed by atoms with E-state index in [0.29, 0.717) is 18.8 Å². The molecule has 2 aromatic rings. The van der Waals surface area contributed by atoms with Crippen LogP contribution in [-0.4, -0.2) is 27.8 Å². The minimum absolute atomic E-state index is 0.149. The molecule has 0 bridgehead atoms. The van der Waals surface area contributed by atoms with E-state index >= 15 is 0 Å². The van der Waals surface area contributed by atoms with E-state index in [1.54, 1.807) is 18.0 Å². The van der Waals surface area contributed by atoms with Crippen LogP contribution in [0.4, 0.5) is 0 Å². The molecule has 1 amide bonds. The number of hydrogen-bond donors (Lipinski definition) is 0. The number of aromatic nitrogens is 1. The molecular weight excluding hydrogens is 280 g/mol. The summed E-state index contributed by atoms with van der Waals surface area (Å²) in [4.78, 5) is 18.5. The number of benzene rings is 1. The van der Waals surface area contributed by atoms with Crippen LogP contribution in [0.1, 0.15) is 16.8 Å². The Morgan fingerprint density at radius 2 is 1.90 bits per heavy atom. The molecule has 0 fully saturated rings. The molecule has 0 saturated carbocycles. The quantitative estimate of drug-likeness (QED) is 0.821. The van der Waals surface area contributed by atoms with Crippen LogP contribution in [0, 0.1) is 6.92 Å². The number of nitrogens with zero attached hydrogens (tertiary/aromatic N) is 2. The van der Waals surface area contributed by atoms with E-state index in [4.69, 9.17) is 0 Å². The summed E-state index contributed by atoms with van der Waals surface area (Å²) in [6.07, 6.45) is 3.71. The Kier molecular flexibility index (Phi) is 5.81. The average molecular weight is 300 g/mol. The lowest BCUT2D eigenvalue weighted by atomic mass is 10.1. The molecular formula is C17H20N2OS. The van der Waals surface area contributed by atoms with Gasteiger partial charge in [0.15, 0.2) is 0 Å². The van der Waals surface area contributed by atoms with Crippen molar-refractivity contribution in [3.63, 3.8) is 0 Å². The van der Waals surface area contributed by atoms with Crippen molar-refractivity contribution in [1.29, 1.82) is 0 Å². The number of aryl methyl sites for hydroxylation is 1. The van der Waals surface area contributed by atoms with E-state index in [2.05, 4.69) is 24.0 Å². The highest BCUT2D eigenvalue weighted by Crippen LogP contribution is 2.14. The Bertz CT molecular complexity index is 586. The van der Waals surface area contributed by atoms with Crippen LogP contribution in [0.15, 0.2) is 48.7 Å². The van der Waals surface area contributed by atoms with Crippen LogP contribution >= 0.6 is 11.8 Å². The van der Waals surface area contributed by atoms with Gasteiger partial charge in [0.2, 0.25) is 5.91 Å². The molecule has 2 rings (SSSR count). The fraction of sp³-hybridized carbons (Fsp3) is 0.294. The average Bonchev–Trinajstić information content (AvgIpc) is 2.50. The zero-order valence-electron chi connectivity index (χ0n) is 12.5. The summed E-state index contributed by atoms with van der Waals surface area (Å²) in [7, 11) is 0. The third kappa shape index (κ3) is 4.60. The lowest BCUT2D eigenvalue weighted by molar-refractivity contribution is -0.129. The fourth-order valence-electron chi connectivity index (χ4n) is 2.13. The highest BCUT2D eigenvalue weighted by molar-refractivity contribution is 7.99. The van der Waals surface area contributed by atoms with Crippen molar-refractivity contribution >= 4 is 17.7 Å². The Hall–Kier alpha value is -1.81. The molecule has 0 atom stereocenters. The highest BCUT2D eigenvalue weighted by atomic mass is 32.2. The Labute approximate surface area is 130 Å². The van der Waals surface area contributed by atoms with E-state index in [1.165, 1.54) is 11.1 Å². The van der Waals surface area contributed by atoms with Gasteiger partial charge in [-0.3, -0.25) is 9.78 Å². The first-order valence-corrected chi connectivity index (χ1v) is 8.31. The normalized spacial score (nSPS) is 10.4. The fourth-order valence-corrected chi connectivity index (χ4v) is 2.56. The van der Waals surface area contributed by atoms with Crippen LogP contribution in [0.25, 0.3) is 0 Å². The molecule has 4 heteroatoms. The minimum Gasteiger partial charge on any atom is -0.332 e. The first kappa shape index (κ1) is 15.6. The number of rotatable bonds is 6. The highest BCUT2D eigenvalue weighted by Gasteiger charge is 2.15. The molecule has 0 saturated heterocycles. The second-order valence-corrected chi connectivity index (χ2v) is 5.80. The van der Waals surface area contributed by atoms with Gasteiger partial charge in [0, 0.05) is 12.7 Å². The van der Waals surface area contributed by atoms with Crippen molar-refractivity contribution in [3.8, 4) is 0 Å².